The van der Waals surface area contributed by atoms with E-state index < -0.39 is 0 Å². The summed E-state index contributed by atoms with van der Waals surface area (Å²) in [6, 6.07) is 0. The van der Waals surface area contributed by atoms with Crippen molar-refractivity contribution in [2.24, 2.45) is 0 Å². The van der Waals surface area contributed by atoms with Gasteiger partial charge in [-0.25, -0.2) is 0 Å². The first-order chi connectivity index (χ1) is 4.45. The van der Waals surface area contributed by atoms with Crippen molar-refractivity contribution in [2.75, 3.05) is 0 Å². The van der Waals surface area contributed by atoms with Crippen LogP contribution in [0.1, 0.15) is 27.7 Å². The minimum atomic E-state index is 0. The molecular weight excluding hydrogens is 281 g/mol. The van der Waals surface area contributed by atoms with Crippen LogP contribution >= 0.6 is 45.4 Å². The Hall–Kier alpha value is 1.49. The van der Waals surface area contributed by atoms with Crippen LogP contribution in [-0.4, -0.2) is 8.75 Å². The third kappa shape index (κ3) is 4.24. The summed E-state index contributed by atoms with van der Waals surface area (Å²) in [5.41, 5.74) is 3.08. The molecule has 0 aromatic heterocycles. The van der Waals surface area contributed by atoms with Crippen molar-refractivity contribution in [3.05, 3.63) is 11.1 Å². The van der Waals surface area contributed by atoms with E-state index in [1.807, 2.05) is 0 Å². The van der Waals surface area contributed by atoms with Gasteiger partial charge in [-0.1, -0.05) is 0 Å². The molecule has 0 spiro atoms. The van der Waals surface area contributed by atoms with Gasteiger partial charge in [-0.3, -0.25) is 0 Å². The molecule has 0 saturated carbocycles. The normalized spacial score (nSPS) is 26.5. The van der Waals surface area contributed by atoms with Crippen LogP contribution in [0.15, 0.2) is 11.1 Å². The molecule has 0 aliphatic carbocycles. The molecule has 0 fully saturated rings. The Bertz CT molecular complexity index is 234. The van der Waals surface area contributed by atoms with Crippen molar-refractivity contribution in [2.45, 2.75) is 31.2 Å². The van der Waals surface area contributed by atoms with E-state index in [0.29, 0.717) is 3.46 Å². The maximum absolute atomic E-state index is 2.31. The van der Waals surface area contributed by atoms with E-state index in [-0.39, 0.29) is 37.2 Å². The van der Waals surface area contributed by atoms with Crippen LogP contribution in [0.4, 0.5) is 0 Å². The van der Waals surface area contributed by atoms with Gasteiger partial charge in [0.2, 0.25) is 0 Å². The Labute approximate surface area is 113 Å². The fourth-order valence-electron chi connectivity index (χ4n) is 1.14. The van der Waals surface area contributed by atoms with Crippen LogP contribution in [0.3, 0.4) is 0 Å². The van der Waals surface area contributed by atoms with Crippen molar-refractivity contribution in [1.82, 2.24) is 0 Å². The molecule has 1 rings (SSSR count). The Morgan fingerprint density at radius 2 is 1.46 bits per heavy atom. The minimum Gasteiger partial charge on any atom is -0.147 e. The van der Waals surface area contributed by atoms with Gasteiger partial charge in [0.25, 0.3) is 0 Å². The maximum atomic E-state index is 2.31. The molecule has 0 amide bonds. The van der Waals surface area contributed by atoms with E-state index in [4.69, 9.17) is 0 Å². The molecule has 1 aliphatic heterocycles. The van der Waals surface area contributed by atoms with E-state index in [1.165, 1.54) is 13.8 Å². The third-order valence-corrected chi connectivity index (χ3v) is 4.79. The summed E-state index contributed by atoms with van der Waals surface area (Å²) in [4.78, 5) is 0. The van der Waals surface area contributed by atoms with E-state index in [9.17, 15) is 0 Å². The number of hydrogen-bond acceptors (Lipinski definition) is 0. The molecule has 5 heteroatoms. The third-order valence-electron chi connectivity index (χ3n) is 2.23. The van der Waals surface area contributed by atoms with Crippen molar-refractivity contribution >= 4 is 50.7 Å². The fraction of sp³-hybridized carbons (Fsp3) is 0.625. The summed E-state index contributed by atoms with van der Waals surface area (Å²) in [6.07, 6.45) is 0. The smallest absolute Gasteiger partial charge is 0.147 e. The average molecular weight is 296 g/mol. The Morgan fingerprint density at radius 3 is 1.54 bits per heavy atom. The zero-order valence-corrected chi connectivity index (χ0v) is 13.1. The predicted molar refractivity (Wildman–Crippen MR) is 66.1 cm³/mol. The van der Waals surface area contributed by atoms with E-state index in [2.05, 4.69) is 48.1 Å². The number of halogens is 3. The molecule has 0 aromatic rings. The van der Waals surface area contributed by atoms with Crippen LogP contribution < -0.4 is 0 Å². The minimum absolute atomic E-state index is 0. The van der Waals surface area contributed by atoms with Gasteiger partial charge in [0, 0.05) is 0 Å². The Kier molecular flexibility index (Phi) is 10.6. The van der Waals surface area contributed by atoms with Gasteiger partial charge in [-0.2, -0.15) is 0 Å². The Balaban J connectivity index is -0.000000333. The van der Waals surface area contributed by atoms with Gasteiger partial charge < -0.3 is 0 Å². The second-order valence-corrected chi connectivity index (χ2v) is 7.03. The summed E-state index contributed by atoms with van der Waals surface area (Å²) in [7, 11) is 1.50. The molecule has 1 aliphatic rings. The van der Waals surface area contributed by atoms with Crippen LogP contribution in [-0.2, 0) is 20.4 Å². The first kappa shape index (κ1) is 20.0. The molecule has 1 atom stereocenters. The van der Waals surface area contributed by atoms with Gasteiger partial charge in [0.1, 0.15) is 0 Å². The van der Waals surface area contributed by atoms with Crippen LogP contribution in [0.5, 0.6) is 0 Å². The van der Waals surface area contributed by atoms with E-state index in [0.717, 1.165) is 0 Å². The van der Waals surface area contributed by atoms with Crippen LogP contribution in [0.2, 0.25) is 0 Å². The van der Waals surface area contributed by atoms with Crippen molar-refractivity contribution in [3.8, 4) is 0 Å². The first-order valence-electron chi connectivity index (χ1n) is 3.45. The van der Waals surface area contributed by atoms with Crippen molar-refractivity contribution < 1.29 is 20.4 Å². The van der Waals surface area contributed by atoms with Gasteiger partial charge in [-0.15, -0.1) is 37.2 Å². The van der Waals surface area contributed by atoms with Crippen LogP contribution in [0.25, 0.3) is 0 Å². The largest absolute Gasteiger partial charge is 0.147 e. The zero-order valence-electron chi connectivity index (χ0n) is 8.17. The second-order valence-electron chi connectivity index (χ2n) is 3.02. The number of allylic oxidation sites excluding steroid dienone is 2. The molecule has 0 radical (unpaired) electrons. The molecule has 0 saturated heterocycles. The van der Waals surface area contributed by atoms with Gasteiger partial charge in [-0.05, 0) is 0 Å². The summed E-state index contributed by atoms with van der Waals surface area (Å²) in [5.74, 6) is 0. The standard InChI is InChI=1S/C8H12P.3ClH.Ti/c1-5-6(2)8(4)9-7(5)3;;;;/h1-4H3;3*1H;. The molecule has 1 unspecified atom stereocenters. The molecule has 77 valence electrons. The van der Waals surface area contributed by atoms with Gasteiger partial charge in [0.15, 0.2) is 0 Å². The topological polar surface area (TPSA) is 0 Å². The van der Waals surface area contributed by atoms with E-state index >= 15 is 0 Å². The number of rotatable bonds is 0. The monoisotopic (exact) mass is 295 g/mol. The van der Waals surface area contributed by atoms with E-state index in [1.54, 1.807) is 10.9 Å². The maximum Gasteiger partial charge on any atom is -0.147 e. The first-order valence-corrected chi connectivity index (χ1v) is 5.12. The quantitative estimate of drug-likeness (QED) is 0.468. The molecule has 0 aromatic carbocycles. The molecule has 0 N–H and O–H groups in total. The van der Waals surface area contributed by atoms with Crippen molar-refractivity contribution in [1.29, 1.82) is 0 Å². The number of hydrogen-bond donors (Lipinski definition) is 0. The molecule has 0 bridgehead atoms. The zero-order chi connectivity index (χ0) is 7.94. The average Bonchev–Trinajstić information content (AvgIpc) is 1.95. The molecule has 0 nitrogen and oxygen atoms in total. The summed E-state index contributed by atoms with van der Waals surface area (Å²) in [6.45, 7) is 9.02. The second kappa shape index (κ2) is 6.88. The molecular formula is C8H15Cl3PTi. The summed E-state index contributed by atoms with van der Waals surface area (Å²) in [5, 5.41) is 1.54. The van der Waals surface area contributed by atoms with Gasteiger partial charge in [0.05, 0.1) is 0 Å². The SMILES string of the molecule is CC1=P[C](C)([Ti])C(C)=C1C.Cl.Cl.Cl. The Morgan fingerprint density at radius 1 is 1.08 bits per heavy atom. The molecule has 1 heterocycles. The van der Waals surface area contributed by atoms with Crippen molar-refractivity contribution in [3.63, 3.8) is 0 Å². The molecule has 13 heavy (non-hydrogen) atoms. The van der Waals surface area contributed by atoms with Crippen LogP contribution in [0, 0.1) is 0 Å². The predicted octanol–water partition coefficient (Wildman–Crippen LogP) is 4.00. The van der Waals surface area contributed by atoms with Gasteiger partial charge >= 0.3 is 76.2 Å². The summed E-state index contributed by atoms with van der Waals surface area (Å²) >= 11 is 2.31. The fourth-order valence-corrected chi connectivity index (χ4v) is 3.56. The summed E-state index contributed by atoms with van der Waals surface area (Å²) < 4.78 is 0.411.